The summed E-state index contributed by atoms with van der Waals surface area (Å²) in [7, 11) is 0. The topological polar surface area (TPSA) is 82.9 Å². The van der Waals surface area contributed by atoms with Crippen molar-refractivity contribution in [3.63, 3.8) is 0 Å². The first-order chi connectivity index (χ1) is 13.3. The van der Waals surface area contributed by atoms with E-state index < -0.39 is 11.4 Å². The molecule has 2 fully saturated rings. The van der Waals surface area contributed by atoms with Gasteiger partial charge in [0, 0.05) is 12.2 Å². The number of carbonyl (C=O) groups excluding carboxylic acids is 3. The van der Waals surface area contributed by atoms with Gasteiger partial charge in [-0.3, -0.25) is 9.59 Å². The molecule has 2 aliphatic heterocycles. The molecule has 146 valence electrons. The number of fused-ring (bicyclic) bond motifs is 1. The fourth-order valence-electron chi connectivity index (χ4n) is 3.71. The predicted octanol–water partition coefficient (Wildman–Crippen LogP) is 4.55. The van der Waals surface area contributed by atoms with Gasteiger partial charge >= 0.3 is 6.03 Å². The zero-order valence-electron chi connectivity index (χ0n) is 15.0. The number of rotatable bonds is 3. The summed E-state index contributed by atoms with van der Waals surface area (Å²) in [5.74, 6) is -0.713. The molecule has 4 rings (SSSR count). The van der Waals surface area contributed by atoms with Crippen LogP contribution in [0.1, 0.15) is 36.7 Å². The smallest absolute Gasteiger partial charge is 0.332 e. The highest BCUT2D eigenvalue weighted by Gasteiger charge is 2.55. The van der Waals surface area contributed by atoms with Gasteiger partial charge in [0.1, 0.15) is 5.54 Å². The molecule has 9 heteroatoms. The molecule has 1 unspecified atom stereocenters. The van der Waals surface area contributed by atoms with Crippen LogP contribution in [0, 0.1) is 0 Å². The Labute approximate surface area is 171 Å². The third-order valence-electron chi connectivity index (χ3n) is 5.22. The summed E-state index contributed by atoms with van der Waals surface area (Å²) in [4.78, 5) is 40.7. The summed E-state index contributed by atoms with van der Waals surface area (Å²) < 4.78 is 5.06. The van der Waals surface area contributed by atoms with Gasteiger partial charge in [0.05, 0.1) is 10.7 Å². The largest absolute Gasteiger partial charge is 0.440 e. The SMILES string of the molecule is CC12CCCCN1C(=O)N(c1ccc(NC(=O)c3ccc(Cl)o3)cc1Cl)C2=O. The van der Waals surface area contributed by atoms with E-state index >= 15 is 0 Å². The molecule has 1 atom stereocenters. The molecule has 7 nitrogen and oxygen atoms in total. The molecule has 4 amide bonds. The number of nitrogens with zero attached hydrogens (tertiary/aromatic N) is 2. The normalized spacial score (nSPS) is 21.8. The molecule has 0 bridgehead atoms. The van der Waals surface area contributed by atoms with Gasteiger partial charge in [-0.15, -0.1) is 0 Å². The van der Waals surface area contributed by atoms with Crippen molar-refractivity contribution >= 4 is 52.4 Å². The standard InChI is InChI=1S/C19H17Cl2N3O4/c1-19-8-2-3-9-23(19)18(27)24(17(19)26)13-5-4-11(10-12(13)20)22-16(25)14-6-7-15(21)28-14/h4-7,10H,2-3,8-9H2,1H3,(H,22,25). The summed E-state index contributed by atoms with van der Waals surface area (Å²) in [5, 5.41) is 2.92. The van der Waals surface area contributed by atoms with Crippen LogP contribution < -0.4 is 10.2 Å². The molecule has 28 heavy (non-hydrogen) atoms. The number of carbonyl (C=O) groups is 3. The van der Waals surface area contributed by atoms with Crippen molar-refractivity contribution in [3.05, 3.63) is 46.3 Å². The van der Waals surface area contributed by atoms with Crippen molar-refractivity contribution in [3.8, 4) is 0 Å². The number of imide groups is 1. The van der Waals surface area contributed by atoms with Crippen molar-refractivity contribution < 1.29 is 18.8 Å². The van der Waals surface area contributed by atoms with Crippen LogP contribution in [-0.4, -0.2) is 34.8 Å². The highest BCUT2D eigenvalue weighted by molar-refractivity contribution is 6.36. The zero-order chi connectivity index (χ0) is 20.1. The van der Waals surface area contributed by atoms with Gasteiger partial charge < -0.3 is 14.6 Å². The lowest BCUT2D eigenvalue weighted by molar-refractivity contribution is -0.125. The summed E-state index contributed by atoms with van der Waals surface area (Å²) >= 11 is 12.0. The number of hydrogen-bond acceptors (Lipinski definition) is 4. The van der Waals surface area contributed by atoms with E-state index in [1.807, 2.05) is 0 Å². The van der Waals surface area contributed by atoms with Crippen LogP contribution in [0.15, 0.2) is 34.7 Å². The lowest BCUT2D eigenvalue weighted by Crippen LogP contribution is -2.49. The van der Waals surface area contributed by atoms with Gasteiger partial charge in [-0.05, 0) is 68.1 Å². The Hall–Kier alpha value is -2.51. The van der Waals surface area contributed by atoms with Gasteiger partial charge in [-0.25, -0.2) is 9.69 Å². The van der Waals surface area contributed by atoms with E-state index in [0.717, 1.165) is 17.7 Å². The quantitative estimate of drug-likeness (QED) is 0.736. The molecule has 3 heterocycles. The van der Waals surface area contributed by atoms with E-state index in [1.54, 1.807) is 24.0 Å². The second kappa shape index (κ2) is 6.83. The minimum atomic E-state index is -0.829. The van der Waals surface area contributed by atoms with Crippen molar-refractivity contribution in [1.82, 2.24) is 4.90 Å². The molecular formula is C19H17Cl2N3O4. The summed E-state index contributed by atoms with van der Waals surface area (Å²) in [6.07, 6.45) is 2.40. The van der Waals surface area contributed by atoms with E-state index in [9.17, 15) is 14.4 Å². The number of urea groups is 1. The third kappa shape index (κ3) is 2.95. The Morgan fingerprint density at radius 1 is 1.18 bits per heavy atom. The van der Waals surface area contributed by atoms with E-state index in [4.69, 9.17) is 27.6 Å². The van der Waals surface area contributed by atoms with Crippen LogP contribution in [0.4, 0.5) is 16.2 Å². The second-order valence-electron chi connectivity index (χ2n) is 7.03. The summed E-state index contributed by atoms with van der Waals surface area (Å²) in [6, 6.07) is 7.16. The Morgan fingerprint density at radius 3 is 2.61 bits per heavy atom. The average Bonchev–Trinajstić information content (AvgIpc) is 3.17. The number of nitrogens with one attached hydrogen (secondary N) is 1. The lowest BCUT2D eigenvalue weighted by Gasteiger charge is -2.35. The minimum absolute atomic E-state index is 0.0555. The number of hydrogen-bond donors (Lipinski definition) is 1. The molecule has 0 saturated carbocycles. The maximum Gasteiger partial charge on any atom is 0.332 e. The van der Waals surface area contributed by atoms with Crippen LogP contribution in [-0.2, 0) is 4.79 Å². The summed E-state index contributed by atoms with van der Waals surface area (Å²) in [6.45, 7) is 2.35. The first-order valence-electron chi connectivity index (χ1n) is 8.84. The lowest BCUT2D eigenvalue weighted by atomic mass is 9.89. The first kappa shape index (κ1) is 18.8. The third-order valence-corrected chi connectivity index (χ3v) is 5.73. The zero-order valence-corrected chi connectivity index (χ0v) is 16.5. The molecular weight excluding hydrogens is 405 g/mol. The van der Waals surface area contributed by atoms with Gasteiger partial charge in [0.2, 0.25) is 0 Å². The highest BCUT2D eigenvalue weighted by Crippen LogP contribution is 2.41. The fraction of sp³-hybridized carbons (Fsp3) is 0.316. The molecule has 2 saturated heterocycles. The molecule has 2 aromatic rings. The number of amides is 4. The number of benzene rings is 1. The second-order valence-corrected chi connectivity index (χ2v) is 7.81. The molecule has 1 aromatic heterocycles. The van der Waals surface area contributed by atoms with Crippen LogP contribution in [0.25, 0.3) is 0 Å². The number of furan rings is 1. The molecule has 1 N–H and O–H groups in total. The Bertz CT molecular complexity index is 989. The van der Waals surface area contributed by atoms with Crippen LogP contribution in [0.2, 0.25) is 10.2 Å². The minimum Gasteiger partial charge on any atom is -0.440 e. The van der Waals surface area contributed by atoms with Crippen molar-refractivity contribution in [2.45, 2.75) is 31.7 Å². The predicted molar refractivity (Wildman–Crippen MR) is 105 cm³/mol. The Kier molecular flexibility index (Phi) is 4.59. The van der Waals surface area contributed by atoms with Crippen LogP contribution in [0.5, 0.6) is 0 Å². The van der Waals surface area contributed by atoms with E-state index in [0.29, 0.717) is 24.3 Å². The van der Waals surface area contributed by atoms with Crippen molar-refractivity contribution in [2.75, 3.05) is 16.8 Å². The van der Waals surface area contributed by atoms with Crippen LogP contribution in [0.3, 0.4) is 0 Å². The van der Waals surface area contributed by atoms with Gasteiger partial charge in [0.25, 0.3) is 11.8 Å². The number of anilines is 2. The summed E-state index contributed by atoms with van der Waals surface area (Å²) in [5.41, 5.74) is -0.134. The monoisotopic (exact) mass is 421 g/mol. The van der Waals surface area contributed by atoms with Crippen LogP contribution >= 0.6 is 23.2 Å². The number of piperidine rings is 1. The van der Waals surface area contributed by atoms with Crippen molar-refractivity contribution in [2.24, 2.45) is 0 Å². The average molecular weight is 422 g/mol. The van der Waals surface area contributed by atoms with Gasteiger partial charge in [0.15, 0.2) is 11.0 Å². The molecule has 0 spiro atoms. The Balaban J connectivity index is 1.59. The number of halogens is 2. The fourth-order valence-corrected chi connectivity index (χ4v) is 4.12. The maximum absolute atomic E-state index is 13.0. The Morgan fingerprint density at radius 2 is 1.96 bits per heavy atom. The van der Waals surface area contributed by atoms with E-state index in [-0.39, 0.29) is 27.9 Å². The first-order valence-corrected chi connectivity index (χ1v) is 9.59. The van der Waals surface area contributed by atoms with E-state index in [1.165, 1.54) is 18.2 Å². The van der Waals surface area contributed by atoms with Crippen molar-refractivity contribution in [1.29, 1.82) is 0 Å². The van der Waals surface area contributed by atoms with E-state index in [2.05, 4.69) is 5.32 Å². The maximum atomic E-state index is 13.0. The van der Waals surface area contributed by atoms with Gasteiger partial charge in [-0.1, -0.05) is 11.6 Å². The molecule has 0 aliphatic carbocycles. The van der Waals surface area contributed by atoms with Gasteiger partial charge in [-0.2, -0.15) is 0 Å². The highest BCUT2D eigenvalue weighted by atomic mass is 35.5. The molecule has 1 aromatic carbocycles. The molecule has 0 radical (unpaired) electrons. The molecule has 2 aliphatic rings.